The van der Waals surface area contributed by atoms with Gasteiger partial charge in [0.2, 0.25) is 0 Å². The van der Waals surface area contributed by atoms with Crippen molar-refractivity contribution >= 4 is 33.5 Å². The number of ether oxygens (including phenoxy) is 2. The summed E-state index contributed by atoms with van der Waals surface area (Å²) in [6.07, 6.45) is 1.85. The minimum atomic E-state index is -0.339. The molecule has 0 N–H and O–H groups in total. The summed E-state index contributed by atoms with van der Waals surface area (Å²) in [6, 6.07) is 18.2. The van der Waals surface area contributed by atoms with Gasteiger partial charge in [0.25, 0.3) is 0 Å². The quantitative estimate of drug-likeness (QED) is 0.218. The molecule has 0 aromatic heterocycles. The second-order valence-electron chi connectivity index (χ2n) is 9.35. The highest BCUT2D eigenvalue weighted by Gasteiger charge is 2.31. The van der Waals surface area contributed by atoms with Gasteiger partial charge < -0.3 is 9.47 Å². The molecule has 0 bridgehead atoms. The van der Waals surface area contributed by atoms with E-state index in [0.717, 1.165) is 49.4 Å². The van der Waals surface area contributed by atoms with Gasteiger partial charge in [-0.25, -0.2) is 9.59 Å². The Balaban J connectivity index is 2.00. The fourth-order valence-corrected chi connectivity index (χ4v) is 5.51. The van der Waals surface area contributed by atoms with E-state index in [-0.39, 0.29) is 11.9 Å². The number of rotatable bonds is 6. The van der Waals surface area contributed by atoms with Crippen LogP contribution in [0.25, 0.3) is 32.7 Å². The Labute approximate surface area is 217 Å². The van der Waals surface area contributed by atoms with Crippen molar-refractivity contribution in [1.29, 1.82) is 0 Å². The fourth-order valence-electron chi connectivity index (χ4n) is 5.51. The summed E-state index contributed by atoms with van der Waals surface area (Å²) >= 11 is 0. The largest absolute Gasteiger partial charge is 0.462 e. The van der Waals surface area contributed by atoms with Crippen molar-refractivity contribution in [2.75, 3.05) is 19.8 Å². The van der Waals surface area contributed by atoms with Crippen molar-refractivity contribution in [3.8, 4) is 11.1 Å². The topological polar surface area (TPSA) is 55.8 Å². The molecule has 188 valence electrons. The molecule has 5 rings (SSSR count). The van der Waals surface area contributed by atoms with Gasteiger partial charge in [0.15, 0.2) is 0 Å². The lowest BCUT2D eigenvalue weighted by Crippen LogP contribution is -2.24. The lowest BCUT2D eigenvalue weighted by Gasteiger charge is -2.21. The van der Waals surface area contributed by atoms with Crippen LogP contribution in [0.1, 0.15) is 51.3 Å². The van der Waals surface area contributed by atoms with Gasteiger partial charge in [-0.05, 0) is 82.3 Å². The highest BCUT2D eigenvalue weighted by atomic mass is 16.5. The minimum absolute atomic E-state index is 0.294. The zero-order valence-corrected chi connectivity index (χ0v) is 21.6. The van der Waals surface area contributed by atoms with Crippen molar-refractivity contribution in [2.24, 2.45) is 0 Å². The summed E-state index contributed by atoms with van der Waals surface area (Å²) in [6.45, 7) is 11.9. The smallest absolute Gasteiger partial charge is 0.338 e. The van der Waals surface area contributed by atoms with Gasteiger partial charge in [0.1, 0.15) is 0 Å². The van der Waals surface area contributed by atoms with E-state index in [1.54, 1.807) is 0 Å². The SMILES string of the molecule is C=CCN1Cc2c(C(=O)OCC)cc3ccccc3c2-c2c(c(C(=O)OCC)cc3c(C)cccc23)C1. The summed E-state index contributed by atoms with van der Waals surface area (Å²) < 4.78 is 11.1. The minimum Gasteiger partial charge on any atom is -0.462 e. The predicted molar refractivity (Wildman–Crippen MR) is 148 cm³/mol. The first-order valence-electron chi connectivity index (χ1n) is 12.8. The van der Waals surface area contributed by atoms with E-state index in [1.165, 1.54) is 0 Å². The molecular weight excluding hydrogens is 462 g/mol. The molecule has 5 heteroatoms. The first kappa shape index (κ1) is 24.7. The molecule has 0 amide bonds. The number of carbonyl (C=O) groups excluding carboxylic acids is 2. The maximum absolute atomic E-state index is 13.3. The van der Waals surface area contributed by atoms with Crippen LogP contribution in [-0.2, 0) is 22.6 Å². The van der Waals surface area contributed by atoms with Crippen molar-refractivity contribution in [3.05, 3.63) is 95.1 Å². The fraction of sp³-hybridized carbons (Fsp3) is 0.250. The number of esters is 2. The van der Waals surface area contributed by atoms with Gasteiger partial charge >= 0.3 is 11.9 Å². The second-order valence-corrected chi connectivity index (χ2v) is 9.35. The number of hydrogen-bond acceptors (Lipinski definition) is 5. The number of aryl methyl sites for hydroxylation is 1. The molecule has 0 saturated carbocycles. The van der Waals surface area contributed by atoms with Crippen molar-refractivity contribution < 1.29 is 19.1 Å². The summed E-state index contributed by atoms with van der Waals surface area (Å²) in [4.78, 5) is 28.8. The van der Waals surface area contributed by atoms with Gasteiger partial charge in [0.05, 0.1) is 24.3 Å². The van der Waals surface area contributed by atoms with Gasteiger partial charge in [-0.2, -0.15) is 0 Å². The molecule has 5 nitrogen and oxygen atoms in total. The molecule has 0 radical (unpaired) electrons. The normalized spacial score (nSPS) is 13.1. The Kier molecular flexibility index (Phi) is 6.81. The summed E-state index contributed by atoms with van der Waals surface area (Å²) in [5, 5.41) is 4.04. The van der Waals surface area contributed by atoms with Crippen molar-refractivity contribution in [2.45, 2.75) is 33.9 Å². The Morgan fingerprint density at radius 3 is 2.08 bits per heavy atom. The zero-order chi connectivity index (χ0) is 26.1. The molecule has 4 aromatic carbocycles. The third-order valence-electron chi connectivity index (χ3n) is 7.06. The van der Waals surface area contributed by atoms with Crippen LogP contribution < -0.4 is 0 Å². The van der Waals surface area contributed by atoms with E-state index < -0.39 is 0 Å². The molecule has 0 aliphatic carbocycles. The van der Waals surface area contributed by atoms with Crippen molar-refractivity contribution in [3.63, 3.8) is 0 Å². The van der Waals surface area contributed by atoms with Crippen LogP contribution in [0.15, 0.2) is 67.3 Å². The molecule has 0 fully saturated rings. The van der Waals surface area contributed by atoms with E-state index in [4.69, 9.17) is 9.47 Å². The maximum Gasteiger partial charge on any atom is 0.338 e. The molecule has 0 atom stereocenters. The third-order valence-corrected chi connectivity index (χ3v) is 7.06. The lowest BCUT2D eigenvalue weighted by atomic mass is 9.83. The number of fused-ring (bicyclic) bond motifs is 7. The first-order valence-corrected chi connectivity index (χ1v) is 12.8. The van der Waals surface area contributed by atoms with Crippen molar-refractivity contribution in [1.82, 2.24) is 4.90 Å². The number of carbonyl (C=O) groups is 2. The highest BCUT2D eigenvalue weighted by molar-refractivity contribution is 6.14. The van der Waals surface area contributed by atoms with Gasteiger partial charge in [-0.15, -0.1) is 6.58 Å². The van der Waals surface area contributed by atoms with Crippen LogP contribution in [0.5, 0.6) is 0 Å². The molecular formula is C32H31NO4. The Hall–Kier alpha value is -3.96. The van der Waals surface area contributed by atoms with Gasteiger partial charge in [0, 0.05) is 19.6 Å². The Bertz CT molecular complexity index is 1550. The predicted octanol–water partition coefficient (Wildman–Crippen LogP) is 6.82. The monoisotopic (exact) mass is 493 g/mol. The highest BCUT2D eigenvalue weighted by Crippen LogP contribution is 2.45. The third kappa shape index (κ3) is 4.30. The number of hydrogen-bond donors (Lipinski definition) is 0. The molecule has 37 heavy (non-hydrogen) atoms. The Morgan fingerprint density at radius 2 is 1.43 bits per heavy atom. The zero-order valence-electron chi connectivity index (χ0n) is 21.6. The average Bonchev–Trinajstić information content (AvgIpc) is 3.06. The van der Waals surface area contributed by atoms with Gasteiger partial charge in [-0.3, -0.25) is 4.90 Å². The van der Waals surface area contributed by atoms with E-state index in [9.17, 15) is 9.59 Å². The summed E-state index contributed by atoms with van der Waals surface area (Å²) in [5.74, 6) is -0.676. The first-order chi connectivity index (χ1) is 18.0. The van der Waals surface area contributed by atoms with Crippen LogP contribution in [-0.4, -0.2) is 36.6 Å². The van der Waals surface area contributed by atoms with Crippen LogP contribution in [0.3, 0.4) is 0 Å². The molecule has 0 spiro atoms. The Morgan fingerprint density at radius 1 is 0.838 bits per heavy atom. The number of benzene rings is 4. The van der Waals surface area contributed by atoms with E-state index in [2.05, 4.69) is 36.6 Å². The molecule has 4 aromatic rings. The second kappa shape index (κ2) is 10.2. The van der Waals surface area contributed by atoms with Crippen LogP contribution in [0.4, 0.5) is 0 Å². The van der Waals surface area contributed by atoms with Crippen LogP contribution in [0, 0.1) is 6.92 Å². The standard InChI is InChI=1S/C32H31NO4/c1-5-15-33-18-27-25(31(34)36-6-2)16-21-12-8-9-13-22(21)29(27)30-23-14-10-11-20(4)24(23)17-26(28(30)19-33)32(35)37-7-3/h5,8-14,16-17H,1,6-7,15,18-19H2,2-4H3. The average molecular weight is 494 g/mol. The molecule has 0 saturated heterocycles. The molecule has 1 aliphatic heterocycles. The van der Waals surface area contributed by atoms with Gasteiger partial charge in [-0.1, -0.05) is 48.5 Å². The van der Waals surface area contributed by atoms with Crippen LogP contribution >= 0.6 is 0 Å². The van der Waals surface area contributed by atoms with E-state index in [1.807, 2.05) is 56.3 Å². The number of nitrogens with zero attached hydrogens (tertiary/aromatic N) is 1. The maximum atomic E-state index is 13.3. The molecule has 1 aliphatic rings. The lowest BCUT2D eigenvalue weighted by molar-refractivity contribution is 0.0516. The molecule has 0 unspecified atom stereocenters. The van der Waals surface area contributed by atoms with E-state index in [0.29, 0.717) is 44.0 Å². The summed E-state index contributed by atoms with van der Waals surface area (Å²) in [7, 11) is 0. The van der Waals surface area contributed by atoms with E-state index >= 15 is 0 Å². The molecule has 1 heterocycles. The van der Waals surface area contributed by atoms with Crippen LogP contribution in [0.2, 0.25) is 0 Å². The summed E-state index contributed by atoms with van der Waals surface area (Å²) in [5.41, 5.74) is 5.96.